The minimum absolute atomic E-state index is 0.321. The molecule has 0 rings (SSSR count). The summed E-state index contributed by atoms with van der Waals surface area (Å²) in [5.74, 6) is 0.826. The number of carbonyl (C=O) groups is 1. The lowest BCUT2D eigenvalue weighted by atomic mass is 9.96. The fourth-order valence-electron chi connectivity index (χ4n) is 3.69. The van der Waals surface area contributed by atoms with Crippen LogP contribution in [0, 0.1) is 17.8 Å². The van der Waals surface area contributed by atoms with Crippen LogP contribution in [-0.4, -0.2) is 17.6 Å². The lowest BCUT2D eigenvalue weighted by Crippen LogP contribution is -1.96. The molecule has 0 aromatic rings. The molecular weight excluding hydrogens is 442 g/mol. The van der Waals surface area contributed by atoms with E-state index < -0.39 is 5.97 Å². The summed E-state index contributed by atoms with van der Waals surface area (Å²) >= 11 is 0. The highest BCUT2D eigenvalue weighted by atomic mass is 16.4. The van der Waals surface area contributed by atoms with Crippen molar-refractivity contribution in [1.82, 2.24) is 0 Å². The molecule has 0 aliphatic heterocycles. The first-order chi connectivity index (χ1) is 17.3. The molecule has 36 heavy (non-hydrogen) atoms. The summed E-state index contributed by atoms with van der Waals surface area (Å²) in [6, 6.07) is 0. The van der Waals surface area contributed by atoms with Crippen molar-refractivity contribution in [3.8, 4) is 0 Å². The molecule has 3 N–H and O–H groups in total. The van der Waals surface area contributed by atoms with Crippen LogP contribution in [0.1, 0.15) is 79.6 Å². The van der Waals surface area contributed by atoms with Crippen molar-refractivity contribution in [3.05, 3.63) is 96.2 Å². The number of carboxylic acids is 1. The largest absolute Gasteiger partial charge is 0.478 e. The molecule has 0 fully saturated rings. The van der Waals surface area contributed by atoms with Crippen molar-refractivity contribution >= 4 is 5.97 Å². The molecule has 0 aliphatic rings. The standard InChI is InChI=1S/C33H51NO2/c1-28(20-14-11-12-19-25-34)21-16-13-17-23-30(3)27-31(4)26-29(2)22-15-9-7-6-8-10-18-24-32(5)33(35)36/h6-11,14-16,18,21-22,24,27-30H,12-13,17,19-20,23,25-26,34H2,1-5H3,(H,35,36)/b8-6+,9-7+,14-11+,18-10+,21-16+,22-15+,31-27+,32-24+. The van der Waals surface area contributed by atoms with Crippen molar-refractivity contribution in [2.24, 2.45) is 23.5 Å². The summed E-state index contributed by atoms with van der Waals surface area (Å²) in [6.45, 7) is 11.5. The van der Waals surface area contributed by atoms with Crippen LogP contribution in [0.15, 0.2) is 96.2 Å². The first-order valence-electron chi connectivity index (χ1n) is 13.5. The molecule has 0 heterocycles. The Morgan fingerprint density at radius 1 is 0.778 bits per heavy atom. The van der Waals surface area contributed by atoms with E-state index in [0.29, 0.717) is 23.3 Å². The summed E-state index contributed by atoms with van der Waals surface area (Å²) < 4.78 is 0. The monoisotopic (exact) mass is 493 g/mol. The molecule has 0 aromatic heterocycles. The molecule has 0 radical (unpaired) electrons. The maximum atomic E-state index is 10.7. The molecule has 0 spiro atoms. The van der Waals surface area contributed by atoms with Crippen molar-refractivity contribution in [3.63, 3.8) is 0 Å². The van der Waals surface area contributed by atoms with Gasteiger partial charge in [-0.1, -0.05) is 111 Å². The molecule has 3 unspecified atom stereocenters. The first kappa shape index (κ1) is 33.4. The van der Waals surface area contributed by atoms with Gasteiger partial charge in [-0.25, -0.2) is 4.79 Å². The van der Waals surface area contributed by atoms with Crippen molar-refractivity contribution < 1.29 is 9.90 Å². The van der Waals surface area contributed by atoms with Gasteiger partial charge in [-0.15, -0.1) is 0 Å². The van der Waals surface area contributed by atoms with Crippen LogP contribution < -0.4 is 5.73 Å². The van der Waals surface area contributed by atoms with Gasteiger partial charge in [0.15, 0.2) is 0 Å². The third kappa shape index (κ3) is 21.9. The third-order valence-electron chi connectivity index (χ3n) is 5.75. The minimum Gasteiger partial charge on any atom is -0.478 e. The highest BCUT2D eigenvalue weighted by Gasteiger charge is 2.02. The predicted molar refractivity (Wildman–Crippen MR) is 159 cm³/mol. The number of carboxylic acid groups (broad SMARTS) is 1. The predicted octanol–water partition coefficient (Wildman–Crippen LogP) is 8.90. The number of unbranched alkanes of at least 4 members (excludes halogenated alkanes) is 2. The summed E-state index contributed by atoms with van der Waals surface area (Å²) in [5, 5.41) is 8.78. The average Bonchev–Trinajstić information content (AvgIpc) is 2.82. The van der Waals surface area contributed by atoms with Gasteiger partial charge in [0.25, 0.3) is 0 Å². The van der Waals surface area contributed by atoms with Crippen LogP contribution >= 0.6 is 0 Å². The molecule has 3 heteroatoms. The fourth-order valence-corrected chi connectivity index (χ4v) is 3.69. The van der Waals surface area contributed by atoms with Gasteiger partial charge in [-0.05, 0) is 83.1 Å². The van der Waals surface area contributed by atoms with Gasteiger partial charge >= 0.3 is 5.97 Å². The Bertz CT molecular complexity index is 821. The Hall–Kier alpha value is -2.65. The molecular formula is C33H51NO2. The lowest BCUT2D eigenvalue weighted by Gasteiger charge is -2.10. The maximum Gasteiger partial charge on any atom is 0.331 e. The summed E-state index contributed by atoms with van der Waals surface area (Å²) in [7, 11) is 0. The van der Waals surface area contributed by atoms with Crippen LogP contribution in [0.4, 0.5) is 0 Å². The highest BCUT2D eigenvalue weighted by molar-refractivity contribution is 5.86. The van der Waals surface area contributed by atoms with E-state index in [0.717, 1.165) is 38.6 Å². The quantitative estimate of drug-likeness (QED) is 0.0817. The van der Waals surface area contributed by atoms with E-state index in [-0.39, 0.29) is 0 Å². The van der Waals surface area contributed by atoms with E-state index in [2.05, 4.69) is 70.2 Å². The molecule has 3 nitrogen and oxygen atoms in total. The maximum absolute atomic E-state index is 10.7. The number of aliphatic carboxylic acids is 1. The lowest BCUT2D eigenvalue weighted by molar-refractivity contribution is -0.132. The Balaban J connectivity index is 4.18. The zero-order valence-corrected chi connectivity index (χ0v) is 23.4. The first-order valence-corrected chi connectivity index (χ1v) is 13.5. The van der Waals surface area contributed by atoms with E-state index in [9.17, 15) is 4.79 Å². The molecule has 0 amide bonds. The number of hydrogen-bond acceptors (Lipinski definition) is 2. The Morgan fingerprint density at radius 2 is 1.42 bits per heavy atom. The van der Waals surface area contributed by atoms with E-state index in [4.69, 9.17) is 10.8 Å². The van der Waals surface area contributed by atoms with Crippen molar-refractivity contribution in [2.75, 3.05) is 6.54 Å². The van der Waals surface area contributed by atoms with Crippen LogP contribution in [0.3, 0.4) is 0 Å². The van der Waals surface area contributed by atoms with Gasteiger partial charge in [0, 0.05) is 5.57 Å². The summed E-state index contributed by atoms with van der Waals surface area (Å²) in [4.78, 5) is 10.7. The summed E-state index contributed by atoms with van der Waals surface area (Å²) in [6.07, 6.45) is 37.0. The van der Waals surface area contributed by atoms with Crippen LogP contribution in [0.5, 0.6) is 0 Å². The molecule has 0 saturated heterocycles. The second-order valence-electron chi connectivity index (χ2n) is 9.84. The molecule has 0 aliphatic carbocycles. The fraction of sp³-hybridized carbons (Fsp3) is 0.485. The van der Waals surface area contributed by atoms with Crippen LogP contribution in [0.25, 0.3) is 0 Å². The zero-order valence-electron chi connectivity index (χ0n) is 23.4. The molecule has 200 valence electrons. The highest BCUT2D eigenvalue weighted by Crippen LogP contribution is 2.18. The van der Waals surface area contributed by atoms with E-state index in [1.165, 1.54) is 18.4 Å². The molecule has 3 atom stereocenters. The van der Waals surface area contributed by atoms with Gasteiger partial charge in [0.1, 0.15) is 0 Å². The number of rotatable bonds is 19. The van der Waals surface area contributed by atoms with Crippen LogP contribution in [0.2, 0.25) is 0 Å². The van der Waals surface area contributed by atoms with Crippen molar-refractivity contribution in [2.45, 2.75) is 79.6 Å². The van der Waals surface area contributed by atoms with Gasteiger partial charge in [-0.2, -0.15) is 0 Å². The molecule has 0 aromatic carbocycles. The van der Waals surface area contributed by atoms with Gasteiger partial charge in [0.2, 0.25) is 0 Å². The van der Waals surface area contributed by atoms with Crippen LogP contribution in [-0.2, 0) is 4.79 Å². The zero-order chi connectivity index (χ0) is 27.0. The topological polar surface area (TPSA) is 63.3 Å². The van der Waals surface area contributed by atoms with Gasteiger partial charge in [0.05, 0.1) is 0 Å². The minimum atomic E-state index is -0.894. The summed E-state index contributed by atoms with van der Waals surface area (Å²) in [5.41, 5.74) is 7.30. The van der Waals surface area contributed by atoms with E-state index in [1.54, 1.807) is 19.1 Å². The van der Waals surface area contributed by atoms with E-state index >= 15 is 0 Å². The van der Waals surface area contributed by atoms with Gasteiger partial charge in [-0.3, -0.25) is 0 Å². The smallest absolute Gasteiger partial charge is 0.331 e. The second-order valence-corrected chi connectivity index (χ2v) is 9.84. The Labute approximate surface area is 221 Å². The Kier molecular flexibility index (Phi) is 21.1. The second kappa shape index (κ2) is 22.8. The number of nitrogens with two attached hydrogens (primary N) is 1. The Morgan fingerprint density at radius 3 is 2.08 bits per heavy atom. The molecule has 0 saturated carbocycles. The average molecular weight is 494 g/mol. The number of hydrogen-bond donors (Lipinski definition) is 2. The van der Waals surface area contributed by atoms with E-state index in [1.807, 2.05) is 30.4 Å². The molecule has 0 bridgehead atoms. The SMILES string of the molecule is C/C(=C\C(C)CCC/C=C/C(C)C/C=C/CCCN)CC(C)/C=C/C=C/C=C/C=C/C=C(\C)C(=O)O. The normalized spacial score (nSPS) is 16.5. The third-order valence-corrected chi connectivity index (χ3v) is 5.75. The van der Waals surface area contributed by atoms with Crippen molar-refractivity contribution in [1.29, 1.82) is 0 Å². The number of allylic oxidation sites excluding steroid dienone is 15. The van der Waals surface area contributed by atoms with Gasteiger partial charge < -0.3 is 10.8 Å².